The molecule has 4 nitrogen and oxygen atoms in total. The fourth-order valence-electron chi connectivity index (χ4n) is 3.23. The van der Waals surface area contributed by atoms with Gasteiger partial charge >= 0.3 is 0 Å². The van der Waals surface area contributed by atoms with Crippen molar-refractivity contribution in [2.45, 2.75) is 20.8 Å². The van der Waals surface area contributed by atoms with E-state index < -0.39 is 0 Å². The molecule has 2 aromatic carbocycles. The van der Waals surface area contributed by atoms with Crippen LogP contribution in [0.25, 0.3) is 17.3 Å². The molecule has 0 radical (unpaired) electrons. The van der Waals surface area contributed by atoms with Crippen molar-refractivity contribution in [1.82, 2.24) is 4.57 Å². The highest BCUT2D eigenvalue weighted by Crippen LogP contribution is 2.37. The minimum absolute atomic E-state index is 0.0957. The number of nitrogens with one attached hydrogen (secondary N) is 1. The fraction of sp³-hybridized carbons (Fsp3) is 0.143. The molecule has 0 fully saturated rings. The Morgan fingerprint density at radius 2 is 1.88 bits per heavy atom. The minimum atomic E-state index is 0.0957. The molecule has 0 unspecified atom stereocenters. The summed E-state index contributed by atoms with van der Waals surface area (Å²) in [6.45, 7) is 5.96. The fourth-order valence-corrected chi connectivity index (χ4v) is 4.07. The van der Waals surface area contributed by atoms with Crippen LogP contribution in [0.5, 0.6) is 5.88 Å². The van der Waals surface area contributed by atoms with Crippen molar-refractivity contribution in [1.29, 1.82) is 5.41 Å². The number of benzene rings is 2. The summed E-state index contributed by atoms with van der Waals surface area (Å²) >= 11 is 1.26. The Labute approximate surface area is 155 Å². The number of rotatable bonds is 2. The molecule has 26 heavy (non-hydrogen) atoms. The van der Waals surface area contributed by atoms with Crippen LogP contribution < -0.4 is 4.80 Å². The van der Waals surface area contributed by atoms with Crippen molar-refractivity contribution in [2.24, 2.45) is 4.99 Å². The predicted molar refractivity (Wildman–Crippen MR) is 108 cm³/mol. The lowest BCUT2D eigenvalue weighted by Gasteiger charge is -2.09. The van der Waals surface area contributed by atoms with Gasteiger partial charge in [-0.05, 0) is 50.1 Å². The van der Waals surface area contributed by atoms with Gasteiger partial charge in [-0.3, -0.25) is 15.0 Å². The Bertz CT molecular complexity index is 1150. The van der Waals surface area contributed by atoms with Crippen LogP contribution in [0, 0.1) is 19.3 Å². The number of hydrogen-bond donors (Lipinski definition) is 2. The van der Waals surface area contributed by atoms with E-state index in [-0.39, 0.29) is 5.88 Å². The first-order valence-corrected chi connectivity index (χ1v) is 9.21. The largest absolute Gasteiger partial charge is 0.493 e. The van der Waals surface area contributed by atoms with Crippen LogP contribution in [-0.2, 0) is 0 Å². The molecular weight excluding hydrogens is 342 g/mol. The molecule has 0 saturated carbocycles. The van der Waals surface area contributed by atoms with E-state index in [1.807, 2.05) is 69.3 Å². The van der Waals surface area contributed by atoms with Gasteiger partial charge in [0.15, 0.2) is 4.80 Å². The van der Waals surface area contributed by atoms with E-state index >= 15 is 0 Å². The van der Waals surface area contributed by atoms with Crippen LogP contribution in [0.2, 0.25) is 0 Å². The van der Waals surface area contributed by atoms with Gasteiger partial charge in [-0.1, -0.05) is 41.7 Å². The second-order valence-electron chi connectivity index (χ2n) is 6.49. The van der Waals surface area contributed by atoms with E-state index in [2.05, 4.69) is 4.99 Å². The van der Waals surface area contributed by atoms with E-state index in [0.717, 1.165) is 39.3 Å². The predicted octanol–water partition coefficient (Wildman–Crippen LogP) is 4.99. The van der Waals surface area contributed by atoms with Crippen LogP contribution in [0.3, 0.4) is 0 Å². The average molecular weight is 361 g/mol. The molecule has 130 valence electrons. The van der Waals surface area contributed by atoms with Crippen molar-refractivity contribution in [3.63, 3.8) is 0 Å². The quantitative estimate of drug-likeness (QED) is 0.664. The molecule has 5 heteroatoms. The molecule has 1 aromatic heterocycles. The SMILES string of the molecule is CC1=Nc2ccccc2C1=Cc1sc(=N)n(-c2cc(C)ccc2C)c1O. The Kier molecular flexibility index (Phi) is 3.89. The zero-order chi connectivity index (χ0) is 18.4. The summed E-state index contributed by atoms with van der Waals surface area (Å²) in [6.07, 6.45) is 1.93. The third-order valence-electron chi connectivity index (χ3n) is 4.60. The standard InChI is InChI=1S/C21H19N3OS/c1-12-8-9-13(2)18(10-12)24-20(25)19(26-21(24)22)11-16-14(3)23-17-7-5-4-6-15(16)17/h4-11,22,25H,1-3H3. The normalized spacial score (nSPS) is 14.6. The summed E-state index contributed by atoms with van der Waals surface area (Å²) in [4.78, 5) is 5.55. The lowest BCUT2D eigenvalue weighted by molar-refractivity contribution is 0.438. The van der Waals surface area contributed by atoms with Crippen molar-refractivity contribution in [3.8, 4) is 11.6 Å². The van der Waals surface area contributed by atoms with Gasteiger partial charge < -0.3 is 5.11 Å². The summed E-state index contributed by atoms with van der Waals surface area (Å²) in [5, 5.41) is 19.2. The first-order chi connectivity index (χ1) is 12.5. The number of aromatic hydroxyl groups is 1. The third-order valence-corrected chi connectivity index (χ3v) is 5.49. The maximum atomic E-state index is 10.8. The molecule has 0 saturated heterocycles. The van der Waals surface area contributed by atoms with E-state index in [9.17, 15) is 5.11 Å². The Morgan fingerprint density at radius 1 is 1.12 bits per heavy atom. The van der Waals surface area contributed by atoms with Crippen molar-refractivity contribution < 1.29 is 5.11 Å². The molecule has 0 bridgehead atoms. The summed E-state index contributed by atoms with van der Waals surface area (Å²) in [6, 6.07) is 14.0. The van der Waals surface area contributed by atoms with Crippen LogP contribution in [-0.4, -0.2) is 15.4 Å². The number of thiazole rings is 1. The first kappa shape index (κ1) is 16.5. The number of hydrogen-bond acceptors (Lipinski definition) is 4. The molecule has 4 rings (SSSR count). The molecule has 1 aliphatic rings. The van der Waals surface area contributed by atoms with E-state index in [0.29, 0.717) is 9.68 Å². The third kappa shape index (κ3) is 2.61. The monoisotopic (exact) mass is 361 g/mol. The number of aromatic nitrogens is 1. The summed E-state index contributed by atoms with van der Waals surface area (Å²) in [7, 11) is 0. The Balaban J connectivity index is 1.88. The number of allylic oxidation sites excluding steroid dienone is 1. The summed E-state index contributed by atoms with van der Waals surface area (Å²) in [5.74, 6) is 0.0957. The Morgan fingerprint density at radius 3 is 2.69 bits per heavy atom. The molecular formula is C21H19N3OS. The number of aliphatic imine (C=N–C) groups is 1. The lowest BCUT2D eigenvalue weighted by atomic mass is 10.0. The van der Waals surface area contributed by atoms with E-state index in [1.165, 1.54) is 11.3 Å². The van der Waals surface area contributed by atoms with Crippen molar-refractivity contribution >= 4 is 34.4 Å². The molecule has 2 heterocycles. The van der Waals surface area contributed by atoms with Gasteiger partial charge in [0, 0.05) is 16.8 Å². The van der Waals surface area contributed by atoms with Gasteiger partial charge in [-0.2, -0.15) is 0 Å². The van der Waals surface area contributed by atoms with Gasteiger partial charge in [0.25, 0.3) is 0 Å². The van der Waals surface area contributed by atoms with Crippen LogP contribution in [0.4, 0.5) is 5.69 Å². The first-order valence-electron chi connectivity index (χ1n) is 8.39. The van der Waals surface area contributed by atoms with E-state index in [1.54, 1.807) is 4.57 Å². The maximum Gasteiger partial charge on any atom is 0.215 e. The highest BCUT2D eigenvalue weighted by molar-refractivity contribution is 7.10. The molecule has 0 amide bonds. The average Bonchev–Trinajstić information content (AvgIpc) is 3.07. The summed E-state index contributed by atoms with van der Waals surface area (Å²) in [5.41, 5.74) is 6.86. The van der Waals surface area contributed by atoms with Crippen molar-refractivity contribution in [3.05, 3.63) is 68.8 Å². The second-order valence-corrected chi connectivity index (χ2v) is 7.52. The topological polar surface area (TPSA) is 61.4 Å². The highest BCUT2D eigenvalue weighted by atomic mass is 32.1. The zero-order valence-corrected chi connectivity index (χ0v) is 15.7. The molecule has 2 N–H and O–H groups in total. The molecule has 0 atom stereocenters. The molecule has 3 aromatic rings. The van der Waals surface area contributed by atoms with Crippen LogP contribution in [0.15, 0.2) is 47.5 Å². The van der Waals surface area contributed by atoms with Crippen molar-refractivity contribution in [2.75, 3.05) is 0 Å². The number of fused-ring (bicyclic) bond motifs is 1. The number of para-hydroxylation sites is 1. The molecule has 0 aliphatic carbocycles. The maximum absolute atomic E-state index is 10.8. The molecule has 0 spiro atoms. The second kappa shape index (κ2) is 6.11. The number of nitrogens with zero attached hydrogens (tertiary/aromatic N) is 2. The minimum Gasteiger partial charge on any atom is -0.493 e. The number of aryl methyl sites for hydroxylation is 2. The highest BCUT2D eigenvalue weighted by Gasteiger charge is 2.20. The van der Waals surface area contributed by atoms with Crippen LogP contribution in [0.1, 0.15) is 28.5 Å². The van der Waals surface area contributed by atoms with Gasteiger partial charge in [-0.25, -0.2) is 0 Å². The van der Waals surface area contributed by atoms with E-state index in [4.69, 9.17) is 5.41 Å². The van der Waals surface area contributed by atoms with Gasteiger partial charge in [0.1, 0.15) is 0 Å². The van der Waals surface area contributed by atoms with Gasteiger partial charge in [0.05, 0.1) is 16.3 Å². The van der Waals surface area contributed by atoms with Gasteiger partial charge in [-0.15, -0.1) is 0 Å². The Hall–Kier alpha value is -2.92. The summed E-state index contributed by atoms with van der Waals surface area (Å²) < 4.78 is 1.60. The smallest absolute Gasteiger partial charge is 0.215 e. The zero-order valence-electron chi connectivity index (χ0n) is 14.9. The molecule has 1 aliphatic heterocycles. The van der Waals surface area contributed by atoms with Crippen LogP contribution >= 0.6 is 11.3 Å². The van der Waals surface area contributed by atoms with Gasteiger partial charge in [0.2, 0.25) is 5.88 Å². The lowest BCUT2D eigenvalue weighted by Crippen LogP contribution is -2.11.